The summed E-state index contributed by atoms with van der Waals surface area (Å²) in [6.45, 7) is 0. The fourth-order valence-electron chi connectivity index (χ4n) is 4.51. The molecular formula is C25H20FN5O. The van der Waals surface area contributed by atoms with Crippen molar-refractivity contribution >= 4 is 16.9 Å². The molecule has 1 N–H and O–H groups in total. The van der Waals surface area contributed by atoms with E-state index in [0.717, 1.165) is 59.1 Å². The number of aromatic nitrogens is 3. The summed E-state index contributed by atoms with van der Waals surface area (Å²) >= 11 is 0. The molecule has 0 radical (unpaired) electrons. The number of nitrogens with one attached hydrogen (secondary N) is 1. The standard InChI is InChI=1S/C25H20FN5O/c26-18-6-8-19(9-7-18)31-14-23-24(30-31)20(11-12-28-23)17-5-10-21(25(32)29-15-27)22(13-17)16-3-1-2-4-16/h5-14,16H,1-4H2,(H,29,32). The molecule has 0 atom stereocenters. The third-order valence-corrected chi connectivity index (χ3v) is 6.07. The van der Waals surface area contributed by atoms with E-state index in [9.17, 15) is 9.18 Å². The Morgan fingerprint density at radius 3 is 2.66 bits per heavy atom. The number of carbonyl (C=O) groups is 1. The average Bonchev–Trinajstić information content (AvgIpc) is 3.49. The number of fused-ring (bicyclic) bond motifs is 1. The predicted molar refractivity (Wildman–Crippen MR) is 119 cm³/mol. The maximum Gasteiger partial charge on any atom is 0.264 e. The second-order valence-corrected chi connectivity index (χ2v) is 7.99. The van der Waals surface area contributed by atoms with E-state index in [1.807, 2.05) is 24.4 Å². The third-order valence-electron chi connectivity index (χ3n) is 6.07. The lowest BCUT2D eigenvalue weighted by Crippen LogP contribution is -2.20. The first-order valence-electron chi connectivity index (χ1n) is 10.6. The molecule has 1 saturated carbocycles. The summed E-state index contributed by atoms with van der Waals surface area (Å²) < 4.78 is 15.0. The molecule has 0 aliphatic heterocycles. The SMILES string of the molecule is N#CNC(=O)c1ccc(-c2ccnc3cn(-c4ccc(F)cc4)nc23)cc1C1CCCC1. The van der Waals surface area contributed by atoms with Gasteiger partial charge >= 0.3 is 0 Å². The van der Waals surface area contributed by atoms with Gasteiger partial charge in [-0.1, -0.05) is 18.9 Å². The lowest BCUT2D eigenvalue weighted by Gasteiger charge is -2.16. The summed E-state index contributed by atoms with van der Waals surface area (Å²) in [6.07, 6.45) is 9.61. The lowest BCUT2D eigenvalue weighted by molar-refractivity contribution is 0.0971. The van der Waals surface area contributed by atoms with E-state index in [0.29, 0.717) is 11.5 Å². The monoisotopic (exact) mass is 425 g/mol. The Morgan fingerprint density at radius 2 is 1.91 bits per heavy atom. The molecule has 0 unspecified atom stereocenters. The average molecular weight is 425 g/mol. The Balaban J connectivity index is 1.61. The molecule has 2 aromatic heterocycles. The largest absolute Gasteiger partial charge is 0.268 e. The minimum absolute atomic E-state index is 0.295. The van der Waals surface area contributed by atoms with Crippen molar-refractivity contribution in [3.63, 3.8) is 0 Å². The molecule has 0 bridgehead atoms. The van der Waals surface area contributed by atoms with E-state index >= 15 is 0 Å². The van der Waals surface area contributed by atoms with Crippen molar-refractivity contribution in [3.05, 3.63) is 77.9 Å². The molecule has 2 heterocycles. The molecule has 32 heavy (non-hydrogen) atoms. The van der Waals surface area contributed by atoms with Crippen LogP contribution in [-0.4, -0.2) is 20.7 Å². The summed E-state index contributed by atoms with van der Waals surface area (Å²) in [4.78, 5) is 16.9. The second-order valence-electron chi connectivity index (χ2n) is 7.99. The zero-order chi connectivity index (χ0) is 22.1. The molecule has 5 rings (SSSR count). The van der Waals surface area contributed by atoms with Crippen molar-refractivity contribution in [1.82, 2.24) is 20.1 Å². The highest BCUT2D eigenvalue weighted by Gasteiger charge is 2.24. The molecule has 1 aliphatic rings. The molecule has 4 aromatic rings. The third kappa shape index (κ3) is 3.60. The Hall–Kier alpha value is -4.05. The van der Waals surface area contributed by atoms with Crippen LogP contribution in [0, 0.1) is 17.3 Å². The molecule has 6 nitrogen and oxygen atoms in total. The predicted octanol–water partition coefficient (Wildman–Crippen LogP) is 5.10. The van der Waals surface area contributed by atoms with Crippen molar-refractivity contribution in [2.75, 3.05) is 0 Å². The maximum atomic E-state index is 13.3. The first kappa shape index (κ1) is 19.9. The summed E-state index contributed by atoms with van der Waals surface area (Å²) in [6, 6.07) is 13.8. The number of benzene rings is 2. The fourth-order valence-corrected chi connectivity index (χ4v) is 4.51. The van der Waals surface area contributed by atoms with Crippen LogP contribution in [-0.2, 0) is 0 Å². The molecule has 0 saturated heterocycles. The van der Waals surface area contributed by atoms with Crippen molar-refractivity contribution in [1.29, 1.82) is 5.26 Å². The van der Waals surface area contributed by atoms with Gasteiger partial charge in [-0.2, -0.15) is 10.4 Å². The van der Waals surface area contributed by atoms with E-state index < -0.39 is 0 Å². The van der Waals surface area contributed by atoms with Gasteiger partial charge in [0.05, 0.1) is 11.9 Å². The number of hydrogen-bond acceptors (Lipinski definition) is 4. The van der Waals surface area contributed by atoms with Crippen LogP contribution < -0.4 is 5.32 Å². The first-order valence-corrected chi connectivity index (χ1v) is 10.6. The molecule has 2 aromatic carbocycles. The molecule has 0 spiro atoms. The number of amides is 1. The van der Waals surface area contributed by atoms with E-state index in [1.165, 1.54) is 12.1 Å². The minimum atomic E-state index is -0.374. The number of nitriles is 1. The van der Waals surface area contributed by atoms with Crippen LogP contribution >= 0.6 is 0 Å². The number of hydrogen-bond donors (Lipinski definition) is 1. The molecule has 158 valence electrons. The zero-order valence-electron chi connectivity index (χ0n) is 17.3. The van der Waals surface area contributed by atoms with Crippen LogP contribution in [0.25, 0.3) is 27.8 Å². The highest BCUT2D eigenvalue weighted by atomic mass is 19.1. The number of pyridine rings is 1. The van der Waals surface area contributed by atoms with Gasteiger partial charge in [-0.25, -0.2) is 9.07 Å². The van der Waals surface area contributed by atoms with Gasteiger partial charge in [-0.15, -0.1) is 0 Å². The Morgan fingerprint density at radius 1 is 1.12 bits per heavy atom. The van der Waals surface area contributed by atoms with Gasteiger partial charge < -0.3 is 0 Å². The summed E-state index contributed by atoms with van der Waals surface area (Å²) in [5.41, 5.74) is 5.55. The second kappa shape index (κ2) is 8.23. The fraction of sp³-hybridized carbons (Fsp3) is 0.200. The van der Waals surface area contributed by atoms with Crippen LogP contribution in [0.5, 0.6) is 0 Å². The van der Waals surface area contributed by atoms with Gasteiger partial charge in [-0.3, -0.25) is 15.1 Å². The topological polar surface area (TPSA) is 83.6 Å². The quantitative estimate of drug-likeness (QED) is 0.364. The summed E-state index contributed by atoms with van der Waals surface area (Å²) in [7, 11) is 0. The maximum absolute atomic E-state index is 13.3. The number of rotatable bonds is 4. The van der Waals surface area contributed by atoms with Crippen molar-refractivity contribution in [2.24, 2.45) is 0 Å². The van der Waals surface area contributed by atoms with Gasteiger partial charge in [0.15, 0.2) is 6.19 Å². The van der Waals surface area contributed by atoms with Crippen LogP contribution in [0.4, 0.5) is 4.39 Å². The van der Waals surface area contributed by atoms with E-state index in [-0.39, 0.29) is 11.7 Å². The molecule has 7 heteroatoms. The Labute approximate surface area is 184 Å². The van der Waals surface area contributed by atoms with E-state index in [1.54, 1.807) is 35.3 Å². The normalized spacial score (nSPS) is 13.9. The van der Waals surface area contributed by atoms with E-state index in [4.69, 9.17) is 10.4 Å². The van der Waals surface area contributed by atoms with Gasteiger partial charge in [0, 0.05) is 17.3 Å². The van der Waals surface area contributed by atoms with Gasteiger partial charge in [0.1, 0.15) is 16.9 Å². The van der Waals surface area contributed by atoms with Crippen molar-refractivity contribution in [3.8, 4) is 23.0 Å². The summed E-state index contributed by atoms with van der Waals surface area (Å²) in [5.74, 6) is -0.380. The van der Waals surface area contributed by atoms with Crippen LogP contribution in [0.15, 0.2) is 60.9 Å². The summed E-state index contributed by atoms with van der Waals surface area (Å²) in [5, 5.41) is 15.9. The lowest BCUT2D eigenvalue weighted by atomic mass is 9.89. The first-order chi connectivity index (χ1) is 15.6. The van der Waals surface area contributed by atoms with Crippen LogP contribution in [0.2, 0.25) is 0 Å². The van der Waals surface area contributed by atoms with E-state index in [2.05, 4.69) is 10.3 Å². The zero-order valence-corrected chi connectivity index (χ0v) is 17.3. The highest BCUT2D eigenvalue weighted by Crippen LogP contribution is 2.38. The molecule has 1 fully saturated rings. The Kier molecular flexibility index (Phi) is 5.12. The minimum Gasteiger partial charge on any atom is -0.268 e. The van der Waals surface area contributed by atoms with Gasteiger partial charge in [0.2, 0.25) is 0 Å². The van der Waals surface area contributed by atoms with Crippen molar-refractivity contribution < 1.29 is 9.18 Å². The van der Waals surface area contributed by atoms with Gasteiger partial charge in [0.25, 0.3) is 5.91 Å². The number of nitrogens with zero attached hydrogens (tertiary/aromatic N) is 4. The smallest absolute Gasteiger partial charge is 0.264 e. The number of halogens is 1. The molecular weight excluding hydrogens is 405 g/mol. The van der Waals surface area contributed by atoms with Crippen LogP contribution in [0.1, 0.15) is 47.5 Å². The van der Waals surface area contributed by atoms with Crippen molar-refractivity contribution in [2.45, 2.75) is 31.6 Å². The van der Waals surface area contributed by atoms with Crippen LogP contribution in [0.3, 0.4) is 0 Å². The molecule has 1 amide bonds. The Bertz CT molecular complexity index is 1350. The molecule has 1 aliphatic carbocycles. The number of carbonyl (C=O) groups excluding carboxylic acids is 1. The highest BCUT2D eigenvalue weighted by molar-refractivity contribution is 5.98. The van der Waals surface area contributed by atoms with Gasteiger partial charge in [-0.05, 0) is 72.4 Å².